The summed E-state index contributed by atoms with van der Waals surface area (Å²) in [6.07, 6.45) is 6.64. The first-order valence-corrected chi connectivity index (χ1v) is 6.48. The van der Waals surface area contributed by atoms with Crippen LogP contribution < -0.4 is 0 Å². The van der Waals surface area contributed by atoms with Gasteiger partial charge in [0.1, 0.15) is 5.82 Å². The van der Waals surface area contributed by atoms with Gasteiger partial charge in [0.25, 0.3) is 0 Å². The highest BCUT2D eigenvalue weighted by Gasteiger charge is 2.13. The van der Waals surface area contributed by atoms with Gasteiger partial charge in [0.15, 0.2) is 0 Å². The van der Waals surface area contributed by atoms with E-state index in [1.54, 1.807) is 0 Å². The van der Waals surface area contributed by atoms with Gasteiger partial charge in [-0.1, -0.05) is 23.7 Å². The van der Waals surface area contributed by atoms with Gasteiger partial charge in [-0.2, -0.15) is 0 Å². The third kappa shape index (κ3) is 2.22. The SMILES string of the molecule is Clc1cccc(Cc2ncc3n2CCCC3)c1. The maximum atomic E-state index is 6.00. The quantitative estimate of drug-likeness (QED) is 0.794. The minimum absolute atomic E-state index is 0.799. The van der Waals surface area contributed by atoms with Crippen LogP contribution in [0.4, 0.5) is 0 Å². The van der Waals surface area contributed by atoms with E-state index in [9.17, 15) is 0 Å². The average Bonchev–Trinajstić information content (AvgIpc) is 2.73. The fourth-order valence-corrected chi connectivity index (χ4v) is 2.69. The number of halogens is 1. The first-order valence-electron chi connectivity index (χ1n) is 6.10. The molecule has 3 rings (SSSR count). The van der Waals surface area contributed by atoms with Crippen LogP contribution in [-0.2, 0) is 19.4 Å². The zero-order valence-electron chi connectivity index (χ0n) is 9.69. The van der Waals surface area contributed by atoms with E-state index < -0.39 is 0 Å². The Hall–Kier alpha value is -1.28. The van der Waals surface area contributed by atoms with Crippen molar-refractivity contribution in [3.8, 4) is 0 Å². The fourth-order valence-electron chi connectivity index (χ4n) is 2.47. The highest BCUT2D eigenvalue weighted by Crippen LogP contribution is 2.19. The summed E-state index contributed by atoms with van der Waals surface area (Å²) < 4.78 is 2.37. The standard InChI is InChI=1S/C14H15ClN2/c15-12-5-3-4-11(8-12)9-14-16-10-13-6-1-2-7-17(13)14/h3-5,8,10H,1-2,6-7,9H2. The van der Waals surface area contributed by atoms with Gasteiger partial charge < -0.3 is 4.57 Å². The van der Waals surface area contributed by atoms with E-state index in [-0.39, 0.29) is 0 Å². The summed E-state index contributed by atoms with van der Waals surface area (Å²) >= 11 is 6.00. The number of aromatic nitrogens is 2. The molecule has 2 aromatic rings. The molecular formula is C14H15ClN2. The van der Waals surface area contributed by atoms with Crippen molar-refractivity contribution in [2.75, 3.05) is 0 Å². The molecule has 0 fully saturated rings. The van der Waals surface area contributed by atoms with Crippen LogP contribution in [0.25, 0.3) is 0 Å². The van der Waals surface area contributed by atoms with Crippen LogP contribution in [0.15, 0.2) is 30.5 Å². The van der Waals surface area contributed by atoms with Crippen LogP contribution in [0.1, 0.15) is 29.9 Å². The molecule has 0 saturated heterocycles. The molecule has 1 aromatic carbocycles. The van der Waals surface area contributed by atoms with Crippen molar-refractivity contribution >= 4 is 11.6 Å². The van der Waals surface area contributed by atoms with Gasteiger partial charge in [-0.15, -0.1) is 0 Å². The van der Waals surface area contributed by atoms with Gasteiger partial charge >= 0.3 is 0 Å². The van der Waals surface area contributed by atoms with Gasteiger partial charge in [-0.25, -0.2) is 4.98 Å². The second kappa shape index (κ2) is 4.53. The molecule has 0 saturated carbocycles. The number of rotatable bonds is 2. The molecule has 0 radical (unpaired) electrons. The summed E-state index contributed by atoms with van der Waals surface area (Å²) in [4.78, 5) is 4.54. The van der Waals surface area contributed by atoms with Crippen LogP contribution in [-0.4, -0.2) is 9.55 Å². The van der Waals surface area contributed by atoms with Gasteiger partial charge in [0.05, 0.1) is 0 Å². The van der Waals surface area contributed by atoms with Crippen molar-refractivity contribution in [3.63, 3.8) is 0 Å². The number of benzene rings is 1. The molecule has 2 heterocycles. The second-order valence-electron chi connectivity index (χ2n) is 4.58. The van der Waals surface area contributed by atoms with Crippen molar-refractivity contribution < 1.29 is 0 Å². The molecule has 0 unspecified atom stereocenters. The van der Waals surface area contributed by atoms with Crippen LogP contribution in [0.3, 0.4) is 0 Å². The van der Waals surface area contributed by atoms with Crippen molar-refractivity contribution in [1.29, 1.82) is 0 Å². The number of fused-ring (bicyclic) bond motifs is 1. The molecule has 88 valence electrons. The van der Waals surface area contributed by atoms with E-state index in [1.165, 1.54) is 36.3 Å². The van der Waals surface area contributed by atoms with Crippen molar-refractivity contribution in [1.82, 2.24) is 9.55 Å². The molecular weight excluding hydrogens is 232 g/mol. The lowest BCUT2D eigenvalue weighted by Crippen LogP contribution is -2.12. The molecule has 1 aliphatic heterocycles. The number of nitrogens with zero attached hydrogens (tertiary/aromatic N) is 2. The topological polar surface area (TPSA) is 17.8 Å². The Morgan fingerprint density at radius 1 is 1.29 bits per heavy atom. The smallest absolute Gasteiger partial charge is 0.113 e. The minimum Gasteiger partial charge on any atom is -0.332 e. The van der Waals surface area contributed by atoms with Crippen molar-refractivity contribution in [3.05, 3.63) is 52.6 Å². The van der Waals surface area contributed by atoms with Crippen molar-refractivity contribution in [2.24, 2.45) is 0 Å². The average molecular weight is 247 g/mol. The predicted octanol–water partition coefficient (Wildman–Crippen LogP) is 3.46. The zero-order valence-corrected chi connectivity index (χ0v) is 10.5. The van der Waals surface area contributed by atoms with E-state index in [0.717, 1.165) is 18.0 Å². The molecule has 3 heteroatoms. The second-order valence-corrected chi connectivity index (χ2v) is 5.02. The summed E-state index contributed by atoms with van der Waals surface area (Å²) in [6, 6.07) is 8.03. The third-order valence-electron chi connectivity index (χ3n) is 3.34. The van der Waals surface area contributed by atoms with E-state index in [1.807, 2.05) is 24.4 Å². The molecule has 0 N–H and O–H groups in total. The van der Waals surface area contributed by atoms with E-state index in [4.69, 9.17) is 11.6 Å². The Balaban J connectivity index is 1.88. The minimum atomic E-state index is 0.799. The summed E-state index contributed by atoms with van der Waals surface area (Å²) in [5.74, 6) is 1.17. The summed E-state index contributed by atoms with van der Waals surface area (Å²) in [7, 11) is 0. The number of hydrogen-bond acceptors (Lipinski definition) is 1. The molecule has 17 heavy (non-hydrogen) atoms. The molecule has 1 aliphatic rings. The maximum absolute atomic E-state index is 6.00. The Kier molecular flexibility index (Phi) is 2.89. The molecule has 1 aromatic heterocycles. The largest absolute Gasteiger partial charge is 0.332 e. The summed E-state index contributed by atoms with van der Waals surface area (Å²) in [6.45, 7) is 1.12. The lowest BCUT2D eigenvalue weighted by atomic mass is 10.1. The monoisotopic (exact) mass is 246 g/mol. The van der Waals surface area contributed by atoms with Crippen molar-refractivity contribution in [2.45, 2.75) is 32.2 Å². The fraction of sp³-hybridized carbons (Fsp3) is 0.357. The first kappa shape index (κ1) is 10.8. The molecule has 0 spiro atoms. The Labute approximate surface area is 106 Å². The molecule has 0 aliphatic carbocycles. The number of imidazole rings is 1. The van der Waals surface area contributed by atoms with Gasteiger partial charge in [0.2, 0.25) is 0 Å². The zero-order chi connectivity index (χ0) is 11.7. The van der Waals surface area contributed by atoms with Gasteiger partial charge in [-0.3, -0.25) is 0 Å². The Morgan fingerprint density at radius 3 is 3.12 bits per heavy atom. The summed E-state index contributed by atoms with van der Waals surface area (Å²) in [5.41, 5.74) is 2.62. The Morgan fingerprint density at radius 2 is 2.24 bits per heavy atom. The predicted molar refractivity (Wildman–Crippen MR) is 69.4 cm³/mol. The highest BCUT2D eigenvalue weighted by atomic mass is 35.5. The van der Waals surface area contributed by atoms with Gasteiger partial charge in [0, 0.05) is 29.9 Å². The molecule has 2 nitrogen and oxygen atoms in total. The highest BCUT2D eigenvalue weighted by molar-refractivity contribution is 6.30. The lowest BCUT2D eigenvalue weighted by Gasteiger charge is -2.16. The molecule has 0 amide bonds. The maximum Gasteiger partial charge on any atom is 0.113 e. The van der Waals surface area contributed by atoms with E-state index >= 15 is 0 Å². The number of hydrogen-bond donors (Lipinski definition) is 0. The first-order chi connectivity index (χ1) is 8.33. The Bertz CT molecular complexity index is 531. The third-order valence-corrected chi connectivity index (χ3v) is 3.57. The summed E-state index contributed by atoms with van der Waals surface area (Å²) in [5, 5.41) is 0.799. The van der Waals surface area contributed by atoms with E-state index in [2.05, 4.69) is 15.6 Å². The van der Waals surface area contributed by atoms with Crippen LogP contribution in [0.2, 0.25) is 5.02 Å². The van der Waals surface area contributed by atoms with Crippen LogP contribution in [0.5, 0.6) is 0 Å². The van der Waals surface area contributed by atoms with Crippen LogP contribution in [0, 0.1) is 0 Å². The van der Waals surface area contributed by atoms with Crippen LogP contribution >= 0.6 is 11.6 Å². The lowest BCUT2D eigenvalue weighted by molar-refractivity contribution is 0.518. The molecule has 0 bridgehead atoms. The number of aryl methyl sites for hydroxylation is 1. The van der Waals surface area contributed by atoms with Gasteiger partial charge in [-0.05, 0) is 37.0 Å². The molecule has 0 atom stereocenters. The van der Waals surface area contributed by atoms with E-state index in [0.29, 0.717) is 0 Å². The normalized spacial score (nSPS) is 14.6.